The van der Waals surface area contributed by atoms with Gasteiger partial charge in [0.15, 0.2) is 0 Å². The normalized spacial score (nSPS) is 10.5. The Morgan fingerprint density at radius 1 is 0.690 bits per heavy atom. The highest BCUT2D eigenvalue weighted by molar-refractivity contribution is 5.75. The van der Waals surface area contributed by atoms with Crippen molar-refractivity contribution < 1.29 is 43.3 Å². The van der Waals surface area contributed by atoms with Crippen molar-refractivity contribution >= 4 is 23.9 Å². The van der Waals surface area contributed by atoms with E-state index >= 15 is 0 Å². The molecule has 0 saturated heterocycles. The molecule has 0 aromatic rings. The highest BCUT2D eigenvalue weighted by Crippen LogP contribution is 1.98. The van der Waals surface area contributed by atoms with E-state index < -0.39 is 35.5 Å². The zero-order valence-corrected chi connectivity index (χ0v) is 16.8. The van der Waals surface area contributed by atoms with Crippen molar-refractivity contribution in [1.82, 2.24) is 9.80 Å². The number of carbonyl (C=O) groups is 4. The number of hydrogen-bond donors (Lipinski definition) is 0. The summed E-state index contributed by atoms with van der Waals surface area (Å²) in [5.41, 5.74) is 0. The predicted molar refractivity (Wildman–Crippen MR) is 95.9 cm³/mol. The Bertz CT molecular complexity index is 549. The van der Waals surface area contributed by atoms with Gasteiger partial charge in [-0.05, 0) is 20.8 Å². The SMILES string of the molecule is CCOC(=O)CN(CCN(CC(=O)OCC)CC(=O)O[N+](=O)[O-])CC(=O)OCC. The predicted octanol–water partition coefficient (Wildman–Crippen LogP) is -0.985. The summed E-state index contributed by atoms with van der Waals surface area (Å²) in [4.78, 5) is 63.6. The van der Waals surface area contributed by atoms with Crippen LogP contribution in [0, 0.1) is 10.1 Å². The molecule has 0 aromatic carbocycles. The maximum atomic E-state index is 11.7. The Hall–Kier alpha value is -2.80. The van der Waals surface area contributed by atoms with Gasteiger partial charge in [0.05, 0.1) is 46.0 Å². The van der Waals surface area contributed by atoms with Gasteiger partial charge in [0.25, 0.3) is 0 Å². The lowest BCUT2D eigenvalue weighted by Crippen LogP contribution is -2.44. The summed E-state index contributed by atoms with van der Waals surface area (Å²) < 4.78 is 14.5. The standard InChI is InChI=1S/C16H27N3O10/c1-4-26-13(20)9-17(10-14(21)27-5-2)7-8-18(11-15(22)28-6-3)12-16(23)29-19(24)25/h4-12H2,1-3H3. The topological polar surface area (TPSA) is 155 Å². The molecule has 0 aliphatic rings. The van der Waals surface area contributed by atoms with Gasteiger partial charge >= 0.3 is 29.0 Å². The summed E-state index contributed by atoms with van der Waals surface area (Å²) >= 11 is 0. The fourth-order valence-electron chi connectivity index (χ4n) is 2.17. The van der Waals surface area contributed by atoms with Crippen LogP contribution in [0.5, 0.6) is 0 Å². The van der Waals surface area contributed by atoms with Gasteiger partial charge in [-0.1, -0.05) is 0 Å². The molecule has 0 saturated carbocycles. The van der Waals surface area contributed by atoms with E-state index in [1.165, 1.54) is 9.80 Å². The van der Waals surface area contributed by atoms with Gasteiger partial charge in [0.1, 0.15) is 0 Å². The Morgan fingerprint density at radius 3 is 1.28 bits per heavy atom. The minimum atomic E-state index is -1.25. The molecule has 0 rings (SSSR count). The van der Waals surface area contributed by atoms with E-state index in [-0.39, 0.29) is 52.5 Å². The minimum Gasteiger partial charge on any atom is -0.465 e. The van der Waals surface area contributed by atoms with E-state index in [0.29, 0.717) is 0 Å². The second-order valence-electron chi connectivity index (χ2n) is 5.52. The number of nitrogens with zero attached hydrogens (tertiary/aromatic N) is 3. The number of rotatable bonds is 15. The second-order valence-corrected chi connectivity index (χ2v) is 5.52. The molecule has 29 heavy (non-hydrogen) atoms. The van der Waals surface area contributed by atoms with Crippen LogP contribution in [0.15, 0.2) is 0 Å². The Labute approximate surface area is 167 Å². The first-order chi connectivity index (χ1) is 13.7. The van der Waals surface area contributed by atoms with Crippen LogP contribution in [0.1, 0.15) is 20.8 Å². The third-order valence-corrected chi connectivity index (χ3v) is 3.24. The average molecular weight is 421 g/mol. The van der Waals surface area contributed by atoms with Crippen LogP contribution in [0.2, 0.25) is 0 Å². The Balaban J connectivity index is 5.04. The number of esters is 3. The fraction of sp³-hybridized carbons (Fsp3) is 0.750. The Morgan fingerprint density at radius 2 is 1.00 bits per heavy atom. The maximum Gasteiger partial charge on any atom is 0.320 e. The molecule has 0 aliphatic heterocycles. The molecule has 0 aliphatic carbocycles. The summed E-state index contributed by atoms with van der Waals surface area (Å²) in [7, 11) is 0. The molecule has 0 bridgehead atoms. The molecule has 0 heterocycles. The molecule has 0 aromatic heterocycles. The molecule has 0 fully saturated rings. The van der Waals surface area contributed by atoms with E-state index in [1.54, 1.807) is 20.8 Å². The molecule has 0 atom stereocenters. The van der Waals surface area contributed by atoms with Gasteiger partial charge in [0.2, 0.25) is 0 Å². The first-order valence-corrected chi connectivity index (χ1v) is 8.98. The number of carbonyl (C=O) groups excluding carboxylic acids is 4. The lowest BCUT2D eigenvalue weighted by molar-refractivity contribution is -0.729. The van der Waals surface area contributed by atoms with Crippen molar-refractivity contribution in [1.29, 1.82) is 0 Å². The summed E-state index contributed by atoms with van der Waals surface area (Å²) in [5, 5.41) is 9.04. The Kier molecular flexibility index (Phi) is 13.7. The lowest BCUT2D eigenvalue weighted by atomic mass is 10.3. The molecule has 0 N–H and O–H groups in total. The number of ether oxygens (including phenoxy) is 3. The number of hydrogen-bond acceptors (Lipinski definition) is 12. The third kappa shape index (κ3) is 13.9. The van der Waals surface area contributed by atoms with Crippen molar-refractivity contribution in [2.24, 2.45) is 0 Å². The van der Waals surface area contributed by atoms with Crippen LogP contribution in [0.4, 0.5) is 0 Å². The van der Waals surface area contributed by atoms with Crippen LogP contribution in [-0.4, -0.2) is 97.9 Å². The van der Waals surface area contributed by atoms with E-state index in [0.717, 1.165) is 0 Å². The zero-order chi connectivity index (χ0) is 22.2. The first kappa shape index (κ1) is 26.2. The zero-order valence-electron chi connectivity index (χ0n) is 16.8. The van der Waals surface area contributed by atoms with Gasteiger partial charge in [-0.25, -0.2) is 4.84 Å². The minimum absolute atomic E-state index is 0.00440. The van der Waals surface area contributed by atoms with Crippen LogP contribution in [0.3, 0.4) is 0 Å². The fourth-order valence-corrected chi connectivity index (χ4v) is 2.17. The largest absolute Gasteiger partial charge is 0.465 e. The van der Waals surface area contributed by atoms with E-state index in [1.807, 2.05) is 0 Å². The van der Waals surface area contributed by atoms with Crippen LogP contribution in [-0.2, 0) is 38.2 Å². The summed E-state index contributed by atoms with van der Waals surface area (Å²) in [5.74, 6) is -2.96. The molecule has 166 valence electrons. The van der Waals surface area contributed by atoms with Crippen LogP contribution >= 0.6 is 0 Å². The second kappa shape index (κ2) is 15.2. The van der Waals surface area contributed by atoms with Crippen molar-refractivity contribution in [2.75, 3.05) is 59.1 Å². The summed E-state index contributed by atoms with van der Waals surface area (Å²) in [6, 6.07) is 0. The molecular weight excluding hydrogens is 394 g/mol. The van der Waals surface area contributed by atoms with E-state index in [9.17, 15) is 29.3 Å². The quantitative estimate of drug-likeness (QED) is 0.138. The van der Waals surface area contributed by atoms with Crippen molar-refractivity contribution in [2.45, 2.75) is 20.8 Å². The molecule has 0 radical (unpaired) electrons. The van der Waals surface area contributed by atoms with Gasteiger partial charge in [-0.15, -0.1) is 10.1 Å². The third-order valence-electron chi connectivity index (χ3n) is 3.24. The van der Waals surface area contributed by atoms with Crippen LogP contribution in [0.25, 0.3) is 0 Å². The van der Waals surface area contributed by atoms with E-state index in [4.69, 9.17) is 14.2 Å². The molecule has 13 heteroatoms. The summed E-state index contributed by atoms with van der Waals surface area (Å²) in [6.45, 7) is 4.02. The van der Waals surface area contributed by atoms with Crippen molar-refractivity contribution in [3.63, 3.8) is 0 Å². The highest BCUT2D eigenvalue weighted by Gasteiger charge is 2.21. The first-order valence-electron chi connectivity index (χ1n) is 8.98. The monoisotopic (exact) mass is 421 g/mol. The molecule has 0 unspecified atom stereocenters. The lowest BCUT2D eigenvalue weighted by Gasteiger charge is -2.25. The average Bonchev–Trinajstić information content (AvgIpc) is 2.59. The molecule has 0 amide bonds. The summed E-state index contributed by atoms with van der Waals surface area (Å²) in [6.07, 6.45) is 0. The van der Waals surface area contributed by atoms with Gasteiger partial charge in [-0.3, -0.25) is 29.0 Å². The van der Waals surface area contributed by atoms with Crippen LogP contribution < -0.4 is 0 Å². The van der Waals surface area contributed by atoms with Gasteiger partial charge in [-0.2, -0.15) is 0 Å². The van der Waals surface area contributed by atoms with Gasteiger partial charge in [0, 0.05) is 13.1 Å². The van der Waals surface area contributed by atoms with Crippen molar-refractivity contribution in [3.8, 4) is 0 Å². The van der Waals surface area contributed by atoms with Crippen molar-refractivity contribution in [3.05, 3.63) is 10.1 Å². The molecule has 0 spiro atoms. The highest BCUT2D eigenvalue weighted by atomic mass is 17.0. The van der Waals surface area contributed by atoms with Gasteiger partial charge < -0.3 is 14.2 Å². The van der Waals surface area contributed by atoms with E-state index in [2.05, 4.69) is 4.84 Å². The molecular formula is C16H27N3O10. The molecule has 13 nitrogen and oxygen atoms in total. The smallest absolute Gasteiger partial charge is 0.320 e. The maximum absolute atomic E-state index is 11.7.